The van der Waals surface area contributed by atoms with Crippen molar-refractivity contribution in [3.05, 3.63) is 212 Å². The Hall–Kier alpha value is -8.38. The van der Waals surface area contributed by atoms with Gasteiger partial charge in [0, 0.05) is 69.6 Å². The summed E-state index contributed by atoms with van der Waals surface area (Å²) in [4.78, 5) is 0. The summed E-state index contributed by atoms with van der Waals surface area (Å²) in [6.45, 7) is 0. The Balaban J connectivity index is 0.901. The number of rotatable bonds is 4. The quantitative estimate of drug-likeness (QED) is 0.173. The zero-order valence-electron chi connectivity index (χ0n) is 34.9. The topological polar surface area (TPSA) is 27.9 Å². The average Bonchev–Trinajstić information content (AvgIpc) is 4.17. The molecule has 15 rings (SSSR count). The van der Waals surface area contributed by atoms with Crippen LogP contribution >= 0.6 is 11.3 Å². The minimum absolute atomic E-state index is 0.919. The summed E-state index contributed by atoms with van der Waals surface area (Å²) in [6, 6.07) is 77.5. The number of benzene rings is 10. The van der Waals surface area contributed by atoms with Crippen molar-refractivity contribution in [3.8, 4) is 28.2 Å². The van der Waals surface area contributed by atoms with Crippen molar-refractivity contribution in [1.29, 1.82) is 0 Å². The molecule has 5 aromatic heterocycles. The number of hydrogen-bond donors (Lipinski definition) is 0. The Kier molecular flexibility index (Phi) is 7.07. The molecular formula is C60H35N3OS. The van der Waals surface area contributed by atoms with Gasteiger partial charge in [-0.25, -0.2) is 0 Å². The van der Waals surface area contributed by atoms with Crippen LogP contribution < -0.4 is 0 Å². The predicted octanol–water partition coefficient (Wildman–Crippen LogP) is 16.9. The number of furan rings is 1. The summed E-state index contributed by atoms with van der Waals surface area (Å²) < 4.78 is 17.0. The van der Waals surface area contributed by atoms with E-state index in [2.05, 4.69) is 226 Å². The van der Waals surface area contributed by atoms with E-state index in [0.717, 1.165) is 60.6 Å². The van der Waals surface area contributed by atoms with Crippen molar-refractivity contribution in [2.75, 3.05) is 0 Å². The molecule has 0 saturated heterocycles. The van der Waals surface area contributed by atoms with Crippen molar-refractivity contribution >= 4 is 119 Å². The van der Waals surface area contributed by atoms with Gasteiger partial charge in [-0.15, -0.1) is 11.3 Å². The molecule has 65 heavy (non-hydrogen) atoms. The Morgan fingerprint density at radius 2 is 0.738 bits per heavy atom. The Bertz CT molecular complexity index is 4430. The molecule has 0 amide bonds. The fourth-order valence-corrected chi connectivity index (χ4v) is 12.1. The molecule has 0 radical (unpaired) electrons. The van der Waals surface area contributed by atoms with E-state index < -0.39 is 0 Å². The van der Waals surface area contributed by atoms with Gasteiger partial charge < -0.3 is 18.1 Å². The average molecular weight is 846 g/mol. The van der Waals surface area contributed by atoms with E-state index in [9.17, 15) is 0 Å². The van der Waals surface area contributed by atoms with Gasteiger partial charge in [-0.3, -0.25) is 0 Å². The van der Waals surface area contributed by atoms with Gasteiger partial charge in [-0.2, -0.15) is 0 Å². The van der Waals surface area contributed by atoms with E-state index in [1.165, 1.54) is 75.1 Å². The number of nitrogens with zero attached hydrogens (tertiary/aromatic N) is 3. The standard InChI is InChI=1S/C60H35N3OS/c1-2-14-38(15-3-1)61-51-23-10-6-19-45(51)57-53(61)29-27-43-44-28-30-54-58(60(44)64-59(43)57)46-20-7-11-24-52(46)63(54)39-16-12-13-36(33-39)37-25-31-55-47(34-37)48-35-40(26-32-56(48)65-55)62-49-21-8-4-17-41(49)42-18-5-9-22-50(42)62/h1-35H. The van der Waals surface area contributed by atoms with E-state index in [1.807, 2.05) is 11.3 Å². The third-order valence-electron chi connectivity index (χ3n) is 13.8. The molecule has 0 unspecified atom stereocenters. The lowest BCUT2D eigenvalue weighted by Crippen LogP contribution is -1.94. The molecule has 0 saturated carbocycles. The zero-order valence-corrected chi connectivity index (χ0v) is 35.7. The van der Waals surface area contributed by atoms with E-state index in [1.54, 1.807) is 0 Å². The first-order valence-corrected chi connectivity index (χ1v) is 23.0. The van der Waals surface area contributed by atoms with Crippen LogP contribution in [-0.2, 0) is 0 Å². The number of aromatic nitrogens is 3. The number of para-hydroxylation sites is 5. The second-order valence-electron chi connectivity index (χ2n) is 17.2. The summed E-state index contributed by atoms with van der Waals surface area (Å²) in [6.07, 6.45) is 0. The van der Waals surface area contributed by atoms with Gasteiger partial charge in [0.2, 0.25) is 0 Å². The van der Waals surface area contributed by atoms with Crippen molar-refractivity contribution < 1.29 is 4.42 Å². The minimum Gasteiger partial charge on any atom is -0.455 e. The first kappa shape index (κ1) is 35.1. The van der Waals surface area contributed by atoms with E-state index in [4.69, 9.17) is 4.42 Å². The maximum Gasteiger partial charge on any atom is 0.145 e. The molecule has 10 aromatic carbocycles. The molecule has 0 aliphatic heterocycles. The lowest BCUT2D eigenvalue weighted by atomic mass is 10.0. The SMILES string of the molecule is c1ccc(-n2c3ccccc3c3c4oc5c(ccc6c5c5ccccc5n6-c5cccc(-c6ccc7sc8ccc(-n9c%10ccccc%10c%10ccccc%109)cc8c7c6)c5)c4ccc32)cc1. The molecule has 0 fully saturated rings. The second kappa shape index (κ2) is 13.1. The second-order valence-corrected chi connectivity index (χ2v) is 18.3. The molecule has 5 heteroatoms. The molecule has 15 aromatic rings. The van der Waals surface area contributed by atoms with Crippen LogP contribution in [0.5, 0.6) is 0 Å². The molecule has 0 bridgehead atoms. The highest BCUT2D eigenvalue weighted by molar-refractivity contribution is 7.25. The number of hydrogen-bond acceptors (Lipinski definition) is 2. The van der Waals surface area contributed by atoms with Crippen LogP contribution in [0, 0.1) is 0 Å². The predicted molar refractivity (Wildman–Crippen MR) is 275 cm³/mol. The molecule has 4 nitrogen and oxygen atoms in total. The Morgan fingerprint density at radius 1 is 0.277 bits per heavy atom. The lowest BCUT2D eigenvalue weighted by Gasteiger charge is -2.11. The zero-order chi connectivity index (χ0) is 42.3. The van der Waals surface area contributed by atoms with Gasteiger partial charge in [-0.05, 0) is 114 Å². The Labute approximate surface area is 375 Å². The normalized spacial score (nSPS) is 12.3. The number of fused-ring (bicyclic) bond motifs is 17. The fraction of sp³-hybridized carbons (Fsp3) is 0. The van der Waals surface area contributed by atoms with Crippen LogP contribution in [-0.4, -0.2) is 13.7 Å². The van der Waals surface area contributed by atoms with Crippen molar-refractivity contribution in [3.63, 3.8) is 0 Å². The van der Waals surface area contributed by atoms with Crippen molar-refractivity contribution in [1.82, 2.24) is 13.7 Å². The lowest BCUT2D eigenvalue weighted by molar-refractivity contribution is 0.677. The molecule has 5 heterocycles. The fourth-order valence-electron chi connectivity index (χ4n) is 11.0. The molecular weight excluding hydrogens is 811 g/mol. The number of thiophene rings is 1. The van der Waals surface area contributed by atoms with E-state index >= 15 is 0 Å². The monoisotopic (exact) mass is 845 g/mol. The smallest absolute Gasteiger partial charge is 0.145 e. The highest BCUT2D eigenvalue weighted by Gasteiger charge is 2.23. The minimum atomic E-state index is 0.919. The van der Waals surface area contributed by atoms with Gasteiger partial charge in [0.1, 0.15) is 11.2 Å². The summed E-state index contributed by atoms with van der Waals surface area (Å²) in [7, 11) is 0. The molecule has 0 atom stereocenters. The molecule has 302 valence electrons. The maximum atomic E-state index is 7.20. The van der Waals surface area contributed by atoms with Crippen LogP contribution in [0.25, 0.3) is 136 Å². The largest absolute Gasteiger partial charge is 0.455 e. The molecule has 0 N–H and O–H groups in total. The van der Waals surface area contributed by atoms with Gasteiger partial charge in [0.25, 0.3) is 0 Å². The summed E-state index contributed by atoms with van der Waals surface area (Å²) >= 11 is 1.86. The molecule has 0 aliphatic carbocycles. The first-order valence-electron chi connectivity index (χ1n) is 22.2. The van der Waals surface area contributed by atoms with E-state index in [0.29, 0.717) is 0 Å². The van der Waals surface area contributed by atoms with E-state index in [-0.39, 0.29) is 0 Å². The first-order chi connectivity index (χ1) is 32.2. The summed E-state index contributed by atoms with van der Waals surface area (Å²) in [5.41, 5.74) is 14.7. The maximum absolute atomic E-state index is 7.20. The summed E-state index contributed by atoms with van der Waals surface area (Å²) in [5, 5.41) is 12.0. The van der Waals surface area contributed by atoms with Crippen LogP contribution in [0.3, 0.4) is 0 Å². The highest BCUT2D eigenvalue weighted by Crippen LogP contribution is 2.46. The van der Waals surface area contributed by atoms with Crippen LogP contribution in [0.4, 0.5) is 0 Å². The van der Waals surface area contributed by atoms with Gasteiger partial charge in [0.15, 0.2) is 0 Å². The highest BCUT2D eigenvalue weighted by atomic mass is 32.1. The van der Waals surface area contributed by atoms with Gasteiger partial charge in [-0.1, -0.05) is 109 Å². The summed E-state index contributed by atoms with van der Waals surface area (Å²) in [5.74, 6) is 0. The molecule has 0 spiro atoms. The third kappa shape index (κ3) is 4.85. The third-order valence-corrected chi connectivity index (χ3v) is 15.0. The van der Waals surface area contributed by atoms with Gasteiger partial charge >= 0.3 is 0 Å². The van der Waals surface area contributed by atoms with Crippen LogP contribution in [0.15, 0.2) is 217 Å². The Morgan fingerprint density at radius 3 is 1.37 bits per heavy atom. The van der Waals surface area contributed by atoms with Crippen LogP contribution in [0.2, 0.25) is 0 Å². The molecule has 0 aliphatic rings. The van der Waals surface area contributed by atoms with Crippen molar-refractivity contribution in [2.24, 2.45) is 0 Å². The van der Waals surface area contributed by atoms with Crippen LogP contribution in [0.1, 0.15) is 0 Å². The van der Waals surface area contributed by atoms with Gasteiger partial charge in [0.05, 0.1) is 43.9 Å². The van der Waals surface area contributed by atoms with Crippen molar-refractivity contribution in [2.45, 2.75) is 0 Å².